The van der Waals surface area contributed by atoms with Crippen LogP contribution in [0.3, 0.4) is 0 Å². The topological polar surface area (TPSA) is 37.3 Å². The minimum Gasteiger partial charge on any atom is -0.481 e. The molecule has 0 aromatic heterocycles. The maximum absolute atomic E-state index is 10.8. The first kappa shape index (κ1) is 7.84. The second-order valence-electron chi connectivity index (χ2n) is 5.65. The van der Waals surface area contributed by atoms with Gasteiger partial charge < -0.3 is 5.11 Å². The van der Waals surface area contributed by atoms with E-state index in [-0.39, 0.29) is 5.41 Å². The molecule has 4 aliphatic rings. The number of carbonyl (C=O) groups is 1. The van der Waals surface area contributed by atoms with Gasteiger partial charge in [0.2, 0.25) is 0 Å². The van der Waals surface area contributed by atoms with Crippen LogP contribution in [0.1, 0.15) is 33.1 Å². The van der Waals surface area contributed by atoms with Crippen molar-refractivity contribution in [3.63, 3.8) is 0 Å². The lowest BCUT2D eigenvalue weighted by atomic mass is 9.72. The second kappa shape index (κ2) is 1.79. The van der Waals surface area contributed by atoms with E-state index in [0.717, 1.165) is 11.8 Å². The molecule has 4 aliphatic carbocycles. The first-order valence-electron chi connectivity index (χ1n) is 5.22. The first-order chi connectivity index (χ1) is 6.00. The molecule has 0 radical (unpaired) electrons. The summed E-state index contributed by atoms with van der Waals surface area (Å²) in [5, 5.41) is 8.93. The van der Waals surface area contributed by atoms with Gasteiger partial charge in [-0.05, 0) is 41.4 Å². The summed E-state index contributed by atoms with van der Waals surface area (Å²) >= 11 is 0. The van der Waals surface area contributed by atoms with Crippen LogP contribution >= 0.6 is 0 Å². The van der Waals surface area contributed by atoms with E-state index in [0.29, 0.717) is 17.8 Å². The summed E-state index contributed by atoms with van der Waals surface area (Å²) in [6.45, 7) is 4.52. The normalized spacial score (nSPS) is 61.2. The molecule has 0 spiro atoms. The van der Waals surface area contributed by atoms with Gasteiger partial charge in [0.25, 0.3) is 0 Å². The standard InChI is InChI=1S/C11H16O2/c1-10(5-9(12)13)6-3-7-8(4-6)11(7,10)2/h6-8H,3-5H2,1-2H3,(H,12,13)/t6?,7-,8+,10-,11?/m1/s1. The molecule has 2 nitrogen and oxygen atoms in total. The molecule has 0 heterocycles. The zero-order valence-corrected chi connectivity index (χ0v) is 8.21. The minimum absolute atomic E-state index is 0.119. The van der Waals surface area contributed by atoms with Crippen molar-refractivity contribution in [2.24, 2.45) is 28.6 Å². The van der Waals surface area contributed by atoms with Gasteiger partial charge >= 0.3 is 5.97 Å². The molecule has 0 aromatic carbocycles. The Morgan fingerprint density at radius 2 is 1.92 bits per heavy atom. The Balaban J connectivity index is 1.96. The third kappa shape index (κ3) is 0.598. The second-order valence-corrected chi connectivity index (χ2v) is 5.65. The molecule has 0 aromatic rings. The van der Waals surface area contributed by atoms with Gasteiger partial charge in [-0.2, -0.15) is 0 Å². The zero-order chi connectivity index (χ0) is 9.43. The Morgan fingerprint density at radius 1 is 1.38 bits per heavy atom. The van der Waals surface area contributed by atoms with Crippen molar-refractivity contribution in [1.82, 2.24) is 0 Å². The van der Waals surface area contributed by atoms with Crippen LogP contribution in [0.25, 0.3) is 0 Å². The predicted molar refractivity (Wildman–Crippen MR) is 48.2 cm³/mol. The Labute approximate surface area is 78.3 Å². The quantitative estimate of drug-likeness (QED) is 0.707. The Bertz CT molecular complexity index is 284. The molecule has 72 valence electrons. The van der Waals surface area contributed by atoms with Gasteiger partial charge in [0.05, 0.1) is 6.42 Å². The highest BCUT2D eigenvalue weighted by Gasteiger charge is 2.81. The predicted octanol–water partition coefficient (Wildman–Crippen LogP) is 2.14. The van der Waals surface area contributed by atoms with E-state index in [2.05, 4.69) is 13.8 Å². The van der Waals surface area contributed by atoms with Crippen LogP contribution in [-0.2, 0) is 4.79 Å². The maximum atomic E-state index is 10.8. The summed E-state index contributed by atoms with van der Waals surface area (Å²) in [4.78, 5) is 10.8. The van der Waals surface area contributed by atoms with Crippen LogP contribution in [0.15, 0.2) is 0 Å². The van der Waals surface area contributed by atoms with Gasteiger partial charge in [0.15, 0.2) is 0 Å². The SMILES string of the molecule is CC12[C@@H]3CC(C[C@@H]31)[C@@]2(C)CC(=O)O. The number of hydrogen-bond acceptors (Lipinski definition) is 1. The lowest BCUT2D eigenvalue weighted by Crippen LogP contribution is -2.30. The fourth-order valence-corrected chi connectivity index (χ4v) is 4.68. The van der Waals surface area contributed by atoms with Gasteiger partial charge in [0.1, 0.15) is 0 Å². The molecule has 2 unspecified atom stereocenters. The van der Waals surface area contributed by atoms with Crippen LogP contribution in [0.5, 0.6) is 0 Å². The average Bonchev–Trinajstić information content (AvgIpc) is 2.41. The summed E-state index contributed by atoms with van der Waals surface area (Å²) in [6.07, 6.45) is 3.01. The largest absolute Gasteiger partial charge is 0.481 e. The molecule has 5 atom stereocenters. The number of carboxylic acid groups (broad SMARTS) is 1. The first-order valence-corrected chi connectivity index (χ1v) is 5.22. The fraction of sp³-hybridized carbons (Fsp3) is 0.909. The highest BCUT2D eigenvalue weighted by Crippen LogP contribution is 2.86. The highest BCUT2D eigenvalue weighted by molar-refractivity contribution is 5.68. The van der Waals surface area contributed by atoms with Gasteiger partial charge in [-0.1, -0.05) is 13.8 Å². The Kier molecular flexibility index (Phi) is 1.08. The highest BCUT2D eigenvalue weighted by atomic mass is 16.4. The third-order valence-corrected chi connectivity index (χ3v) is 5.64. The summed E-state index contributed by atoms with van der Waals surface area (Å²) in [7, 11) is 0. The molecule has 1 N–H and O–H groups in total. The molecule has 4 fully saturated rings. The molecule has 4 bridgehead atoms. The smallest absolute Gasteiger partial charge is 0.303 e. The van der Waals surface area contributed by atoms with Crippen molar-refractivity contribution in [1.29, 1.82) is 0 Å². The Morgan fingerprint density at radius 3 is 2.23 bits per heavy atom. The zero-order valence-electron chi connectivity index (χ0n) is 8.21. The fourth-order valence-electron chi connectivity index (χ4n) is 4.68. The minimum atomic E-state index is -0.609. The Hall–Kier alpha value is -0.530. The van der Waals surface area contributed by atoms with Crippen LogP contribution in [0, 0.1) is 28.6 Å². The third-order valence-electron chi connectivity index (χ3n) is 5.64. The number of aliphatic carboxylic acids is 1. The van der Waals surface area contributed by atoms with Crippen molar-refractivity contribution in [2.75, 3.05) is 0 Å². The van der Waals surface area contributed by atoms with E-state index in [1.54, 1.807) is 0 Å². The maximum Gasteiger partial charge on any atom is 0.303 e. The molecule has 2 heteroatoms. The summed E-state index contributed by atoms with van der Waals surface area (Å²) in [5.41, 5.74) is 0.518. The average molecular weight is 180 g/mol. The molecule has 0 aliphatic heterocycles. The van der Waals surface area contributed by atoms with Gasteiger partial charge in [-0.3, -0.25) is 4.79 Å². The van der Waals surface area contributed by atoms with Gasteiger partial charge in [0, 0.05) is 0 Å². The van der Waals surface area contributed by atoms with Crippen molar-refractivity contribution in [2.45, 2.75) is 33.1 Å². The lowest BCUT2D eigenvalue weighted by Gasteiger charge is -2.32. The number of carboxylic acids is 1. The van der Waals surface area contributed by atoms with E-state index in [9.17, 15) is 4.79 Å². The molecular formula is C11H16O2. The van der Waals surface area contributed by atoms with Crippen LogP contribution in [0.2, 0.25) is 0 Å². The van der Waals surface area contributed by atoms with Gasteiger partial charge in [-0.25, -0.2) is 0 Å². The van der Waals surface area contributed by atoms with Crippen molar-refractivity contribution < 1.29 is 9.90 Å². The molecule has 4 rings (SSSR count). The van der Waals surface area contributed by atoms with Crippen LogP contribution in [-0.4, -0.2) is 11.1 Å². The number of rotatable bonds is 2. The van der Waals surface area contributed by atoms with Crippen molar-refractivity contribution in [3.8, 4) is 0 Å². The summed E-state index contributed by atoms with van der Waals surface area (Å²) in [5.74, 6) is 1.86. The van der Waals surface area contributed by atoms with Crippen LogP contribution in [0.4, 0.5) is 0 Å². The monoisotopic (exact) mass is 180 g/mol. The lowest BCUT2D eigenvalue weighted by molar-refractivity contribution is -0.140. The van der Waals surface area contributed by atoms with E-state index in [4.69, 9.17) is 5.11 Å². The van der Waals surface area contributed by atoms with E-state index in [1.807, 2.05) is 0 Å². The van der Waals surface area contributed by atoms with Crippen molar-refractivity contribution in [3.05, 3.63) is 0 Å². The van der Waals surface area contributed by atoms with Gasteiger partial charge in [-0.15, -0.1) is 0 Å². The molecular weight excluding hydrogens is 164 g/mol. The molecule has 0 amide bonds. The molecule has 4 saturated carbocycles. The summed E-state index contributed by atoms with van der Waals surface area (Å²) in [6, 6.07) is 0. The van der Waals surface area contributed by atoms with E-state index in [1.165, 1.54) is 12.8 Å². The number of hydrogen-bond donors (Lipinski definition) is 1. The van der Waals surface area contributed by atoms with E-state index >= 15 is 0 Å². The molecule has 13 heavy (non-hydrogen) atoms. The van der Waals surface area contributed by atoms with Crippen molar-refractivity contribution >= 4 is 5.97 Å². The summed E-state index contributed by atoms with van der Waals surface area (Å²) < 4.78 is 0. The molecule has 0 saturated heterocycles. The van der Waals surface area contributed by atoms with Crippen LogP contribution < -0.4 is 0 Å². The van der Waals surface area contributed by atoms with E-state index < -0.39 is 5.97 Å².